The van der Waals surface area contributed by atoms with Gasteiger partial charge in [0.1, 0.15) is 16.2 Å². The van der Waals surface area contributed by atoms with Crippen molar-refractivity contribution in [1.82, 2.24) is 0 Å². The fourth-order valence-electron chi connectivity index (χ4n) is 5.22. The molecule has 0 heterocycles. The third-order valence-corrected chi connectivity index (χ3v) is 7.22. The van der Waals surface area contributed by atoms with Crippen LogP contribution in [0.15, 0.2) is 18.2 Å². The Kier molecular flexibility index (Phi) is 6.59. The van der Waals surface area contributed by atoms with Crippen molar-refractivity contribution in [2.75, 3.05) is 0 Å². The van der Waals surface area contributed by atoms with E-state index in [0.29, 0.717) is 29.6 Å². The summed E-state index contributed by atoms with van der Waals surface area (Å²) in [5, 5.41) is 20.5. The highest BCUT2D eigenvalue weighted by molar-refractivity contribution is 5.98. The minimum absolute atomic E-state index is 0.153. The van der Waals surface area contributed by atoms with E-state index in [0.717, 1.165) is 61.0 Å². The van der Waals surface area contributed by atoms with Gasteiger partial charge in [-0.1, -0.05) is 38.3 Å². The van der Waals surface area contributed by atoms with E-state index >= 15 is 0 Å². The van der Waals surface area contributed by atoms with Crippen molar-refractivity contribution in [1.29, 1.82) is 0 Å². The van der Waals surface area contributed by atoms with Crippen molar-refractivity contribution in [3.8, 4) is 5.75 Å². The van der Waals surface area contributed by atoms with E-state index < -0.39 is 0 Å². The third kappa shape index (κ3) is 4.29. The molecule has 0 saturated heterocycles. The van der Waals surface area contributed by atoms with Gasteiger partial charge in [0.25, 0.3) is 0 Å². The molecule has 25 heavy (non-hydrogen) atoms. The molecule has 1 aromatic carbocycles. The van der Waals surface area contributed by atoms with Crippen LogP contribution >= 0.6 is 0 Å². The summed E-state index contributed by atoms with van der Waals surface area (Å²) >= 11 is 0. The third-order valence-electron chi connectivity index (χ3n) is 6.62. The van der Waals surface area contributed by atoms with Gasteiger partial charge < -0.3 is 14.6 Å². The van der Waals surface area contributed by atoms with Crippen LogP contribution in [-0.4, -0.2) is 32.9 Å². The van der Waals surface area contributed by atoms with Crippen LogP contribution in [0.1, 0.15) is 63.0 Å². The van der Waals surface area contributed by atoms with Crippen LogP contribution < -0.4 is 0 Å². The molecule has 3 nitrogen and oxygen atoms in total. The number of fused-ring (bicyclic) bond motifs is 2. The van der Waals surface area contributed by atoms with Gasteiger partial charge in [-0.2, -0.15) is 0 Å². The first-order valence-corrected chi connectivity index (χ1v) is 11.0. The Labute approximate surface area is 155 Å². The number of unbranched alkanes of at least 4 members (excludes halogenated alkanes) is 2. The zero-order chi connectivity index (χ0) is 17.8. The fourth-order valence-corrected chi connectivity index (χ4v) is 5.76. The average molecular weight is 363 g/mol. The molecular weight excluding hydrogens is 328 g/mol. The maximum atomic E-state index is 10.3. The van der Waals surface area contributed by atoms with E-state index in [9.17, 15) is 10.2 Å². The van der Waals surface area contributed by atoms with Gasteiger partial charge in [0.2, 0.25) is 0 Å². The van der Waals surface area contributed by atoms with Crippen LogP contribution in [0.3, 0.4) is 0 Å². The van der Waals surface area contributed by atoms with E-state index in [-0.39, 0.29) is 6.10 Å². The first-order valence-electron chi connectivity index (χ1n) is 10.1. The largest absolute Gasteiger partial charge is 0.508 e. The number of aliphatic hydroxyl groups is 1. The molecule has 2 aliphatic carbocycles. The normalized spacial score (nSPS) is 29.4. The number of phenols is 1. The summed E-state index contributed by atoms with van der Waals surface area (Å²) in [6, 6.07) is 5.96. The molecule has 0 spiro atoms. The van der Waals surface area contributed by atoms with Crippen molar-refractivity contribution in [2.45, 2.75) is 76.9 Å². The average Bonchev–Trinajstić information content (AvgIpc) is 2.96. The lowest BCUT2D eigenvalue weighted by molar-refractivity contribution is 0.105. The topological polar surface area (TPSA) is 49.7 Å². The van der Waals surface area contributed by atoms with E-state index in [1.54, 1.807) is 0 Å². The lowest BCUT2D eigenvalue weighted by atomic mass is 9.73. The Morgan fingerprint density at radius 3 is 2.84 bits per heavy atom. The van der Waals surface area contributed by atoms with Gasteiger partial charge in [0.15, 0.2) is 0 Å². The van der Waals surface area contributed by atoms with Gasteiger partial charge in [-0.25, -0.2) is 0 Å². The molecule has 0 amide bonds. The molecule has 2 aliphatic rings. The smallest absolute Gasteiger partial charge is 0.146 e. The number of benzene rings is 1. The van der Waals surface area contributed by atoms with Crippen LogP contribution in [0.4, 0.5) is 0 Å². The highest BCUT2D eigenvalue weighted by Crippen LogP contribution is 2.49. The molecule has 0 bridgehead atoms. The Morgan fingerprint density at radius 1 is 1.24 bits per heavy atom. The van der Waals surface area contributed by atoms with E-state index in [4.69, 9.17) is 4.43 Å². The van der Waals surface area contributed by atoms with Gasteiger partial charge in [-0.3, -0.25) is 0 Å². The molecule has 0 unspecified atom stereocenters. The molecule has 3 rings (SSSR count). The second-order valence-electron chi connectivity index (χ2n) is 8.15. The quantitative estimate of drug-likeness (QED) is 0.552. The van der Waals surface area contributed by atoms with Gasteiger partial charge in [-0.05, 0) is 73.5 Å². The highest BCUT2D eigenvalue weighted by atomic mass is 28.2. The van der Waals surface area contributed by atoms with Gasteiger partial charge in [0.05, 0.1) is 6.10 Å². The van der Waals surface area contributed by atoms with Crippen LogP contribution in [0.2, 0.25) is 0 Å². The summed E-state index contributed by atoms with van der Waals surface area (Å²) in [6.07, 6.45) is 9.89. The molecule has 140 valence electrons. The first kappa shape index (κ1) is 18.9. The lowest BCUT2D eigenvalue weighted by Gasteiger charge is -2.32. The molecule has 2 N–H and O–H groups in total. The number of hydrogen-bond donors (Lipinski definition) is 2. The second kappa shape index (κ2) is 8.70. The summed E-state index contributed by atoms with van der Waals surface area (Å²) in [5.74, 6) is 2.31. The van der Waals surface area contributed by atoms with Crippen LogP contribution in [-0.2, 0) is 17.3 Å². The SMILES string of the molecule is CCCCC[C@H](O)CC[C@@H]1[C@H]2Cc3cccc(O)c3C[C@H]2C[C@H]1O[SiH3]. The maximum absolute atomic E-state index is 10.3. The van der Waals surface area contributed by atoms with E-state index in [1.165, 1.54) is 18.4 Å². The lowest BCUT2D eigenvalue weighted by Crippen LogP contribution is -2.28. The summed E-state index contributed by atoms with van der Waals surface area (Å²) < 4.78 is 5.97. The molecular formula is C21H34O3Si. The molecule has 5 atom stereocenters. The van der Waals surface area contributed by atoms with E-state index in [2.05, 4.69) is 13.0 Å². The monoisotopic (exact) mass is 362 g/mol. The van der Waals surface area contributed by atoms with Crippen molar-refractivity contribution < 1.29 is 14.6 Å². The van der Waals surface area contributed by atoms with Crippen LogP contribution in [0.5, 0.6) is 5.75 Å². The molecule has 0 aromatic heterocycles. The van der Waals surface area contributed by atoms with Gasteiger partial charge in [-0.15, -0.1) is 0 Å². The first-order chi connectivity index (χ1) is 12.1. The van der Waals surface area contributed by atoms with Crippen molar-refractivity contribution >= 4 is 10.5 Å². The van der Waals surface area contributed by atoms with Crippen LogP contribution in [0, 0.1) is 17.8 Å². The predicted octanol–water partition coefficient (Wildman–Crippen LogP) is 3.13. The highest BCUT2D eigenvalue weighted by Gasteiger charge is 2.45. The fraction of sp³-hybridized carbons (Fsp3) is 0.714. The molecule has 4 heteroatoms. The standard InChI is InChI=1S/C21H34O3Si/c1-2-3-4-7-16(22)9-10-17-18-11-14-6-5-8-20(23)19(14)12-15(18)13-21(17)24-25/h5-6,8,15-18,21-23H,2-4,7,9-13H2,1,25H3/t15-,16-,17+,18-,21+/m0/s1. The summed E-state index contributed by atoms with van der Waals surface area (Å²) in [6.45, 7) is 2.21. The summed E-state index contributed by atoms with van der Waals surface area (Å²) in [4.78, 5) is 0. The Morgan fingerprint density at radius 2 is 2.08 bits per heavy atom. The minimum Gasteiger partial charge on any atom is -0.508 e. The van der Waals surface area contributed by atoms with Crippen molar-refractivity contribution in [3.63, 3.8) is 0 Å². The Hall–Kier alpha value is -0.843. The predicted molar refractivity (Wildman–Crippen MR) is 105 cm³/mol. The summed E-state index contributed by atoms with van der Waals surface area (Å²) in [7, 11) is 0.782. The number of aromatic hydroxyl groups is 1. The maximum Gasteiger partial charge on any atom is 0.146 e. The van der Waals surface area contributed by atoms with Gasteiger partial charge in [0, 0.05) is 6.10 Å². The van der Waals surface area contributed by atoms with E-state index in [1.807, 2.05) is 12.1 Å². The molecule has 0 radical (unpaired) electrons. The number of rotatable bonds is 8. The summed E-state index contributed by atoms with van der Waals surface area (Å²) in [5.41, 5.74) is 2.49. The zero-order valence-electron chi connectivity index (χ0n) is 15.8. The minimum atomic E-state index is -0.153. The second-order valence-corrected chi connectivity index (χ2v) is 8.62. The number of hydrogen-bond acceptors (Lipinski definition) is 3. The molecule has 1 aromatic rings. The van der Waals surface area contributed by atoms with Crippen LogP contribution in [0.25, 0.3) is 0 Å². The molecule has 0 aliphatic heterocycles. The Balaban J connectivity index is 1.63. The van der Waals surface area contributed by atoms with Crippen molar-refractivity contribution in [3.05, 3.63) is 29.3 Å². The number of aliphatic hydroxyl groups excluding tert-OH is 1. The molecule has 1 fully saturated rings. The Bertz CT molecular complexity index is 562. The van der Waals surface area contributed by atoms with Crippen molar-refractivity contribution in [2.24, 2.45) is 17.8 Å². The molecule has 1 saturated carbocycles. The van der Waals surface area contributed by atoms with Gasteiger partial charge >= 0.3 is 0 Å². The number of phenolic OH excluding ortho intramolecular Hbond substituents is 1. The zero-order valence-corrected chi connectivity index (χ0v) is 17.8.